The molecule has 0 spiro atoms. The summed E-state index contributed by atoms with van der Waals surface area (Å²) in [4.78, 5) is 2.41. The molecule has 1 N–H and O–H groups in total. The van der Waals surface area contributed by atoms with Crippen LogP contribution in [-0.4, -0.2) is 29.3 Å². The number of hydrogen-bond donors (Lipinski definition) is 1. The Morgan fingerprint density at radius 3 is 2.80 bits per heavy atom. The van der Waals surface area contributed by atoms with Gasteiger partial charge in [-0.2, -0.15) is 5.10 Å². The fraction of sp³-hybridized carbons (Fsp3) is 0.750. The minimum Gasteiger partial charge on any atom is -0.352 e. The Hall–Kier alpha value is -1.16. The number of rotatable bonds is 5. The minimum absolute atomic E-state index is 0.580. The van der Waals surface area contributed by atoms with E-state index in [0.29, 0.717) is 12.0 Å². The summed E-state index contributed by atoms with van der Waals surface area (Å²) in [6.45, 7) is 9.66. The maximum Gasteiger partial charge on any atom is 0.151 e. The first kappa shape index (κ1) is 15.2. The van der Waals surface area contributed by atoms with Crippen LogP contribution in [0.1, 0.15) is 52.1 Å². The highest BCUT2D eigenvalue weighted by atomic mass is 15.3. The molecule has 4 heteroatoms. The van der Waals surface area contributed by atoms with E-state index in [1.807, 2.05) is 0 Å². The van der Waals surface area contributed by atoms with Crippen molar-refractivity contribution in [3.63, 3.8) is 0 Å². The second kappa shape index (κ2) is 7.58. The predicted octanol–water partition coefficient (Wildman–Crippen LogP) is 2.99. The van der Waals surface area contributed by atoms with Gasteiger partial charge in [0.05, 0.1) is 5.69 Å². The van der Waals surface area contributed by atoms with E-state index in [4.69, 9.17) is 0 Å². The molecule has 1 aliphatic rings. The van der Waals surface area contributed by atoms with Gasteiger partial charge in [-0.25, -0.2) is 0 Å². The maximum atomic E-state index is 4.43. The third-order valence-electron chi connectivity index (χ3n) is 3.91. The summed E-state index contributed by atoms with van der Waals surface area (Å²) < 4.78 is 0. The molecule has 1 fully saturated rings. The van der Waals surface area contributed by atoms with Gasteiger partial charge in [0.2, 0.25) is 0 Å². The molecule has 2 heterocycles. The van der Waals surface area contributed by atoms with Gasteiger partial charge < -0.3 is 10.2 Å². The van der Waals surface area contributed by atoms with Crippen LogP contribution >= 0.6 is 0 Å². The maximum absolute atomic E-state index is 4.43. The smallest absolute Gasteiger partial charge is 0.151 e. The first-order valence-electron chi connectivity index (χ1n) is 7.97. The van der Waals surface area contributed by atoms with Crippen molar-refractivity contribution in [3.05, 3.63) is 17.8 Å². The van der Waals surface area contributed by atoms with Crippen LogP contribution in [0.25, 0.3) is 0 Å². The monoisotopic (exact) mass is 276 g/mol. The zero-order valence-corrected chi connectivity index (χ0v) is 13.1. The van der Waals surface area contributed by atoms with Crippen molar-refractivity contribution in [2.75, 3.05) is 18.0 Å². The molecule has 0 amide bonds. The van der Waals surface area contributed by atoms with Gasteiger partial charge in [0.1, 0.15) is 0 Å². The lowest BCUT2D eigenvalue weighted by molar-refractivity contribution is 0.545. The van der Waals surface area contributed by atoms with E-state index >= 15 is 0 Å². The molecule has 1 aliphatic heterocycles. The standard InChI is InChI=1S/C16H28N4/c1-13(2)11-17-12-15-8-9-16(19-18-15)20-10-6-4-5-7-14(20)3/h8-9,13-14,17H,4-7,10-12H2,1-3H3. The second-order valence-corrected chi connectivity index (χ2v) is 6.30. The van der Waals surface area contributed by atoms with E-state index in [9.17, 15) is 0 Å². The highest BCUT2D eigenvalue weighted by molar-refractivity contribution is 5.38. The summed E-state index contributed by atoms with van der Waals surface area (Å²) in [6, 6.07) is 4.81. The molecule has 0 saturated carbocycles. The summed E-state index contributed by atoms with van der Waals surface area (Å²) in [6.07, 6.45) is 5.21. The van der Waals surface area contributed by atoms with Gasteiger partial charge in [0.15, 0.2) is 5.82 Å². The van der Waals surface area contributed by atoms with Crippen molar-refractivity contribution >= 4 is 5.82 Å². The number of anilines is 1. The SMILES string of the molecule is CC(C)CNCc1ccc(N2CCCCCC2C)nn1. The summed E-state index contributed by atoms with van der Waals surface area (Å²) in [5.74, 6) is 1.70. The van der Waals surface area contributed by atoms with Gasteiger partial charge in [-0.3, -0.25) is 0 Å². The zero-order valence-electron chi connectivity index (χ0n) is 13.1. The first-order valence-corrected chi connectivity index (χ1v) is 7.97. The Kier molecular flexibility index (Phi) is 5.77. The fourth-order valence-electron chi connectivity index (χ4n) is 2.70. The van der Waals surface area contributed by atoms with Gasteiger partial charge >= 0.3 is 0 Å². The predicted molar refractivity (Wildman–Crippen MR) is 83.9 cm³/mol. The van der Waals surface area contributed by atoms with Crippen molar-refractivity contribution in [2.24, 2.45) is 5.92 Å². The van der Waals surface area contributed by atoms with Crippen LogP contribution in [0, 0.1) is 5.92 Å². The molecule has 0 radical (unpaired) electrons. The van der Waals surface area contributed by atoms with Crippen molar-refractivity contribution < 1.29 is 0 Å². The Morgan fingerprint density at radius 2 is 2.10 bits per heavy atom. The second-order valence-electron chi connectivity index (χ2n) is 6.30. The molecule has 1 saturated heterocycles. The van der Waals surface area contributed by atoms with Gasteiger partial charge in [0.25, 0.3) is 0 Å². The Bertz CT molecular complexity index is 388. The fourth-order valence-corrected chi connectivity index (χ4v) is 2.70. The van der Waals surface area contributed by atoms with Crippen molar-refractivity contribution in [3.8, 4) is 0 Å². The summed E-state index contributed by atoms with van der Waals surface area (Å²) in [7, 11) is 0. The van der Waals surface area contributed by atoms with Crippen LogP contribution in [0.4, 0.5) is 5.82 Å². The zero-order chi connectivity index (χ0) is 14.4. The molecule has 1 unspecified atom stereocenters. The van der Waals surface area contributed by atoms with Gasteiger partial charge in [0, 0.05) is 19.1 Å². The number of nitrogens with zero attached hydrogens (tertiary/aromatic N) is 3. The van der Waals surface area contributed by atoms with Gasteiger partial charge in [-0.1, -0.05) is 26.7 Å². The Labute approximate surface area is 123 Å². The summed E-state index contributed by atoms with van der Waals surface area (Å²) >= 11 is 0. The van der Waals surface area contributed by atoms with Gasteiger partial charge in [-0.15, -0.1) is 5.10 Å². The number of hydrogen-bond acceptors (Lipinski definition) is 4. The highest BCUT2D eigenvalue weighted by Gasteiger charge is 2.18. The van der Waals surface area contributed by atoms with E-state index in [0.717, 1.165) is 31.1 Å². The quantitative estimate of drug-likeness (QED) is 0.897. The first-order chi connectivity index (χ1) is 9.66. The van der Waals surface area contributed by atoms with Crippen LogP contribution in [0.5, 0.6) is 0 Å². The van der Waals surface area contributed by atoms with E-state index in [-0.39, 0.29) is 0 Å². The average molecular weight is 276 g/mol. The lowest BCUT2D eigenvalue weighted by atomic mass is 10.1. The normalized spacial score (nSPS) is 20.2. The lowest BCUT2D eigenvalue weighted by Gasteiger charge is -2.27. The van der Waals surface area contributed by atoms with Crippen LogP contribution in [0.15, 0.2) is 12.1 Å². The third kappa shape index (κ3) is 4.44. The minimum atomic E-state index is 0.580. The van der Waals surface area contributed by atoms with E-state index in [1.54, 1.807) is 0 Å². The molecule has 2 rings (SSSR count). The largest absolute Gasteiger partial charge is 0.352 e. The lowest BCUT2D eigenvalue weighted by Crippen LogP contribution is -2.33. The Balaban J connectivity index is 1.93. The molecule has 1 atom stereocenters. The molecule has 1 aromatic rings. The number of aromatic nitrogens is 2. The van der Waals surface area contributed by atoms with E-state index in [2.05, 4.69) is 53.3 Å². The molecular formula is C16H28N4. The molecule has 112 valence electrons. The molecule has 0 aliphatic carbocycles. The van der Waals surface area contributed by atoms with Crippen LogP contribution in [0.3, 0.4) is 0 Å². The van der Waals surface area contributed by atoms with E-state index < -0.39 is 0 Å². The van der Waals surface area contributed by atoms with Crippen LogP contribution in [0.2, 0.25) is 0 Å². The van der Waals surface area contributed by atoms with Crippen LogP contribution < -0.4 is 10.2 Å². The topological polar surface area (TPSA) is 41.0 Å². The average Bonchev–Trinajstić information content (AvgIpc) is 2.64. The summed E-state index contributed by atoms with van der Waals surface area (Å²) in [5, 5.41) is 12.2. The van der Waals surface area contributed by atoms with Crippen molar-refractivity contribution in [2.45, 2.75) is 59.0 Å². The number of nitrogens with one attached hydrogen (secondary N) is 1. The molecule has 0 bridgehead atoms. The highest BCUT2D eigenvalue weighted by Crippen LogP contribution is 2.21. The van der Waals surface area contributed by atoms with Crippen molar-refractivity contribution in [1.29, 1.82) is 0 Å². The van der Waals surface area contributed by atoms with Crippen molar-refractivity contribution in [1.82, 2.24) is 15.5 Å². The molecule has 4 nitrogen and oxygen atoms in total. The Morgan fingerprint density at radius 1 is 1.25 bits per heavy atom. The molecule has 0 aromatic carbocycles. The molecule has 20 heavy (non-hydrogen) atoms. The van der Waals surface area contributed by atoms with Gasteiger partial charge in [-0.05, 0) is 44.4 Å². The van der Waals surface area contributed by atoms with E-state index in [1.165, 1.54) is 25.7 Å². The molecular weight excluding hydrogens is 248 g/mol. The molecule has 1 aromatic heterocycles. The van der Waals surface area contributed by atoms with Crippen LogP contribution in [-0.2, 0) is 6.54 Å². The summed E-state index contributed by atoms with van der Waals surface area (Å²) in [5.41, 5.74) is 1.02. The third-order valence-corrected chi connectivity index (χ3v) is 3.91.